The van der Waals surface area contributed by atoms with E-state index in [9.17, 15) is 5.11 Å². The fraction of sp³-hybridized carbons (Fsp3) is 0.308. The van der Waals surface area contributed by atoms with Crippen LogP contribution < -0.4 is 0 Å². The minimum Gasteiger partial charge on any atom is -0.392 e. The Morgan fingerprint density at radius 2 is 2.12 bits per heavy atom. The lowest BCUT2D eigenvalue weighted by molar-refractivity contribution is 0.279. The van der Waals surface area contributed by atoms with Crippen molar-refractivity contribution in [2.24, 2.45) is 0 Å². The Morgan fingerprint density at radius 1 is 1.24 bits per heavy atom. The lowest BCUT2D eigenvalue weighted by Crippen LogP contribution is -2.02. The first-order valence-corrected chi connectivity index (χ1v) is 5.72. The Hall–Kier alpha value is -1.81. The van der Waals surface area contributed by atoms with Gasteiger partial charge in [-0.2, -0.15) is 0 Å². The third kappa shape index (κ3) is 2.65. The Bertz CT molecular complexity index is 485. The first-order chi connectivity index (χ1) is 8.35. The number of aromatic nitrogens is 3. The molecule has 0 atom stereocenters. The first kappa shape index (κ1) is 11.7. The van der Waals surface area contributed by atoms with Gasteiger partial charge in [-0.25, -0.2) is 9.97 Å². The molecule has 1 N–H and O–H groups in total. The second-order valence-corrected chi connectivity index (χ2v) is 3.79. The molecular formula is C13H15N3O. The predicted octanol–water partition coefficient (Wildman–Crippen LogP) is 1.98. The molecule has 17 heavy (non-hydrogen) atoms. The molecule has 2 heterocycles. The minimum atomic E-state index is -0.0160. The molecule has 88 valence electrons. The molecule has 2 aromatic heterocycles. The van der Waals surface area contributed by atoms with Crippen molar-refractivity contribution in [2.75, 3.05) is 0 Å². The van der Waals surface area contributed by atoms with Crippen LogP contribution in [0.2, 0.25) is 0 Å². The lowest BCUT2D eigenvalue weighted by Gasteiger charge is -2.06. The molecule has 0 spiro atoms. The van der Waals surface area contributed by atoms with Crippen LogP contribution in [0, 0.1) is 0 Å². The summed E-state index contributed by atoms with van der Waals surface area (Å²) in [4.78, 5) is 12.9. The second kappa shape index (κ2) is 5.50. The number of hydrogen-bond acceptors (Lipinski definition) is 4. The highest BCUT2D eigenvalue weighted by Gasteiger charge is 2.07. The average Bonchev–Trinajstić information content (AvgIpc) is 2.40. The van der Waals surface area contributed by atoms with Gasteiger partial charge in [-0.15, -0.1) is 0 Å². The Labute approximate surface area is 100 Å². The van der Waals surface area contributed by atoms with Gasteiger partial charge in [-0.3, -0.25) is 4.98 Å². The molecule has 0 radical (unpaired) electrons. The van der Waals surface area contributed by atoms with E-state index in [4.69, 9.17) is 0 Å². The second-order valence-electron chi connectivity index (χ2n) is 3.79. The van der Waals surface area contributed by atoms with Crippen molar-refractivity contribution in [1.82, 2.24) is 15.0 Å². The molecule has 0 saturated heterocycles. The highest BCUT2D eigenvalue weighted by Crippen LogP contribution is 2.15. The average molecular weight is 229 g/mol. The van der Waals surface area contributed by atoms with Crippen LogP contribution in [0.15, 0.2) is 30.6 Å². The largest absolute Gasteiger partial charge is 0.392 e. The van der Waals surface area contributed by atoms with E-state index in [-0.39, 0.29) is 6.61 Å². The molecule has 0 aromatic carbocycles. The zero-order valence-corrected chi connectivity index (χ0v) is 9.80. The van der Waals surface area contributed by atoms with Crippen LogP contribution in [0.1, 0.15) is 24.6 Å². The van der Waals surface area contributed by atoms with Gasteiger partial charge < -0.3 is 5.11 Å². The standard InChI is InChI=1S/C13H15N3O/c1-2-5-11-10(9-17)8-15-13(16-11)12-6-3-4-7-14-12/h3-4,6-8,17H,2,5,9H2,1H3. The number of hydrogen-bond donors (Lipinski definition) is 1. The molecule has 0 amide bonds. The normalized spacial score (nSPS) is 10.5. The van der Waals surface area contributed by atoms with E-state index in [1.807, 2.05) is 18.2 Å². The molecule has 0 aliphatic carbocycles. The maximum Gasteiger partial charge on any atom is 0.178 e. The Kier molecular flexibility index (Phi) is 3.77. The summed E-state index contributed by atoms with van der Waals surface area (Å²) in [6, 6.07) is 5.65. The van der Waals surface area contributed by atoms with Crippen LogP contribution in [0.4, 0.5) is 0 Å². The highest BCUT2D eigenvalue weighted by molar-refractivity contribution is 5.48. The zero-order chi connectivity index (χ0) is 12.1. The summed E-state index contributed by atoms with van der Waals surface area (Å²) in [6.07, 6.45) is 5.24. The van der Waals surface area contributed by atoms with Crippen LogP contribution >= 0.6 is 0 Å². The van der Waals surface area contributed by atoms with E-state index in [1.165, 1.54) is 0 Å². The van der Waals surface area contributed by atoms with Gasteiger partial charge in [-0.05, 0) is 18.6 Å². The van der Waals surface area contributed by atoms with Crippen molar-refractivity contribution in [1.29, 1.82) is 0 Å². The van der Waals surface area contributed by atoms with E-state index >= 15 is 0 Å². The van der Waals surface area contributed by atoms with Gasteiger partial charge in [0.1, 0.15) is 5.69 Å². The predicted molar refractivity (Wildman–Crippen MR) is 65.2 cm³/mol. The minimum absolute atomic E-state index is 0.0160. The molecule has 2 aromatic rings. The van der Waals surface area contributed by atoms with Crippen LogP contribution in [-0.2, 0) is 13.0 Å². The quantitative estimate of drug-likeness (QED) is 0.871. The van der Waals surface area contributed by atoms with Crippen molar-refractivity contribution < 1.29 is 5.11 Å². The van der Waals surface area contributed by atoms with Gasteiger partial charge in [0.05, 0.1) is 12.3 Å². The zero-order valence-electron chi connectivity index (χ0n) is 9.80. The molecule has 0 saturated carbocycles. The van der Waals surface area contributed by atoms with Crippen molar-refractivity contribution >= 4 is 0 Å². The molecule has 0 fully saturated rings. The molecule has 0 unspecified atom stereocenters. The van der Waals surface area contributed by atoms with Crippen molar-refractivity contribution in [3.63, 3.8) is 0 Å². The van der Waals surface area contributed by atoms with Gasteiger partial charge in [0, 0.05) is 18.0 Å². The molecule has 0 bridgehead atoms. The summed E-state index contributed by atoms with van der Waals surface area (Å²) >= 11 is 0. The number of aliphatic hydroxyl groups excluding tert-OH is 1. The first-order valence-electron chi connectivity index (χ1n) is 5.72. The van der Waals surface area contributed by atoms with Crippen molar-refractivity contribution in [2.45, 2.75) is 26.4 Å². The van der Waals surface area contributed by atoms with Gasteiger partial charge in [-0.1, -0.05) is 19.4 Å². The maximum absolute atomic E-state index is 9.21. The monoisotopic (exact) mass is 229 g/mol. The number of aliphatic hydroxyl groups is 1. The summed E-state index contributed by atoms with van der Waals surface area (Å²) in [5.41, 5.74) is 2.46. The molecule has 0 aliphatic heterocycles. The molecular weight excluding hydrogens is 214 g/mol. The van der Waals surface area contributed by atoms with Crippen LogP contribution in [0.5, 0.6) is 0 Å². The smallest absolute Gasteiger partial charge is 0.178 e. The Balaban J connectivity index is 2.40. The number of nitrogens with zero attached hydrogens (tertiary/aromatic N) is 3. The van der Waals surface area contributed by atoms with Gasteiger partial charge >= 0.3 is 0 Å². The summed E-state index contributed by atoms with van der Waals surface area (Å²) in [5, 5.41) is 9.21. The third-order valence-corrected chi connectivity index (χ3v) is 2.51. The van der Waals surface area contributed by atoms with Gasteiger partial charge in [0.2, 0.25) is 0 Å². The molecule has 4 heteroatoms. The molecule has 0 aliphatic rings. The third-order valence-electron chi connectivity index (χ3n) is 2.51. The molecule has 4 nitrogen and oxygen atoms in total. The SMILES string of the molecule is CCCc1nc(-c2ccccn2)ncc1CO. The van der Waals surface area contributed by atoms with E-state index in [1.54, 1.807) is 12.4 Å². The van der Waals surface area contributed by atoms with Crippen LogP contribution in [0.3, 0.4) is 0 Å². The summed E-state index contributed by atoms with van der Waals surface area (Å²) in [5.74, 6) is 0.617. The van der Waals surface area contributed by atoms with Crippen molar-refractivity contribution in [3.8, 4) is 11.5 Å². The van der Waals surface area contributed by atoms with E-state index in [0.717, 1.165) is 29.8 Å². The topological polar surface area (TPSA) is 58.9 Å². The van der Waals surface area contributed by atoms with E-state index in [0.29, 0.717) is 5.82 Å². The van der Waals surface area contributed by atoms with E-state index < -0.39 is 0 Å². The fourth-order valence-corrected chi connectivity index (χ4v) is 1.65. The van der Waals surface area contributed by atoms with Crippen LogP contribution in [-0.4, -0.2) is 20.1 Å². The molecule has 2 rings (SSSR count). The highest BCUT2D eigenvalue weighted by atomic mass is 16.3. The maximum atomic E-state index is 9.21. The fourth-order valence-electron chi connectivity index (χ4n) is 1.65. The summed E-state index contributed by atoms with van der Waals surface area (Å²) in [7, 11) is 0. The van der Waals surface area contributed by atoms with Gasteiger partial charge in [0.25, 0.3) is 0 Å². The van der Waals surface area contributed by atoms with Crippen LogP contribution in [0.25, 0.3) is 11.5 Å². The Morgan fingerprint density at radius 3 is 2.76 bits per heavy atom. The number of rotatable bonds is 4. The number of pyridine rings is 1. The van der Waals surface area contributed by atoms with Crippen molar-refractivity contribution in [3.05, 3.63) is 41.9 Å². The van der Waals surface area contributed by atoms with E-state index in [2.05, 4.69) is 21.9 Å². The number of aryl methyl sites for hydroxylation is 1. The lowest BCUT2D eigenvalue weighted by atomic mass is 10.1. The summed E-state index contributed by atoms with van der Waals surface area (Å²) in [6.45, 7) is 2.07. The van der Waals surface area contributed by atoms with Gasteiger partial charge in [0.15, 0.2) is 5.82 Å². The summed E-state index contributed by atoms with van der Waals surface area (Å²) < 4.78 is 0.